The average molecular weight is 411 g/mol. The molecular formula is C21H15F2N3O4. The number of nitrogens with one attached hydrogen (secondary N) is 2. The number of carbonyl (C=O) groups excluding carboxylic acids is 3. The summed E-state index contributed by atoms with van der Waals surface area (Å²) in [4.78, 5) is 38.5. The van der Waals surface area contributed by atoms with Gasteiger partial charge in [-0.25, -0.2) is 13.6 Å². The van der Waals surface area contributed by atoms with E-state index in [9.17, 15) is 23.2 Å². The number of nitrogens with zero attached hydrogens (tertiary/aromatic N) is 1. The molecule has 2 aromatic rings. The summed E-state index contributed by atoms with van der Waals surface area (Å²) in [7, 11) is 1.48. The van der Waals surface area contributed by atoms with Crippen LogP contribution in [0.25, 0.3) is 0 Å². The van der Waals surface area contributed by atoms with Gasteiger partial charge in [0.15, 0.2) is 0 Å². The molecule has 2 N–H and O–H groups in total. The van der Waals surface area contributed by atoms with Crippen LogP contribution < -0.4 is 15.4 Å². The Kier molecular flexibility index (Phi) is 4.62. The lowest BCUT2D eigenvalue weighted by atomic mass is 9.99. The zero-order chi connectivity index (χ0) is 21.5. The van der Waals surface area contributed by atoms with Crippen LogP contribution >= 0.6 is 0 Å². The first-order chi connectivity index (χ1) is 14.3. The summed E-state index contributed by atoms with van der Waals surface area (Å²) in [6.45, 7) is -0.0372. The molecule has 0 bridgehead atoms. The van der Waals surface area contributed by atoms with Gasteiger partial charge >= 0.3 is 6.03 Å². The second-order valence-corrected chi connectivity index (χ2v) is 6.91. The van der Waals surface area contributed by atoms with E-state index in [0.717, 1.165) is 17.7 Å². The van der Waals surface area contributed by atoms with Gasteiger partial charge in [0, 0.05) is 23.7 Å². The van der Waals surface area contributed by atoms with Gasteiger partial charge < -0.3 is 15.0 Å². The van der Waals surface area contributed by atoms with Crippen molar-refractivity contribution in [3.8, 4) is 17.6 Å². The van der Waals surface area contributed by atoms with Gasteiger partial charge in [-0.1, -0.05) is 17.9 Å². The van der Waals surface area contributed by atoms with Crippen LogP contribution in [0.5, 0.6) is 5.75 Å². The molecular weight excluding hydrogens is 396 g/mol. The Hall–Kier alpha value is -3.93. The Morgan fingerprint density at radius 2 is 1.87 bits per heavy atom. The van der Waals surface area contributed by atoms with Gasteiger partial charge in [0.25, 0.3) is 11.8 Å². The standard InChI is InChI=1S/C21H15F2N3O4/c1-30-16-3-2-13-10-26(18(27)17(13)9-16)11-21(19(28)24-20(29)25-21)5-4-12-6-14(22)8-15(23)7-12/h2-3,6-9H,10-11H2,1H3,(H2,24,25,28,29)/t21-/m1/s1. The van der Waals surface area contributed by atoms with Gasteiger partial charge in [-0.2, -0.15) is 0 Å². The van der Waals surface area contributed by atoms with Crippen molar-refractivity contribution in [3.63, 3.8) is 0 Å². The highest BCUT2D eigenvalue weighted by Gasteiger charge is 2.48. The second kappa shape index (κ2) is 7.15. The number of ether oxygens (including phenoxy) is 1. The number of halogens is 2. The molecule has 30 heavy (non-hydrogen) atoms. The number of imide groups is 1. The average Bonchev–Trinajstić information content (AvgIpc) is 3.15. The monoisotopic (exact) mass is 411 g/mol. The summed E-state index contributed by atoms with van der Waals surface area (Å²) in [5.74, 6) is 2.88. The number of fused-ring (bicyclic) bond motifs is 1. The molecule has 1 saturated heterocycles. The molecule has 4 amide bonds. The van der Waals surface area contributed by atoms with Crippen molar-refractivity contribution in [2.75, 3.05) is 13.7 Å². The maximum atomic E-state index is 13.4. The fraction of sp³-hybridized carbons (Fsp3) is 0.190. The number of benzene rings is 2. The molecule has 2 heterocycles. The number of hydrogen-bond acceptors (Lipinski definition) is 4. The van der Waals surface area contributed by atoms with Crippen LogP contribution in [-0.2, 0) is 11.3 Å². The number of urea groups is 1. The van der Waals surface area contributed by atoms with Crippen molar-refractivity contribution in [1.82, 2.24) is 15.5 Å². The summed E-state index contributed by atoms with van der Waals surface area (Å²) < 4.78 is 32.0. The lowest BCUT2D eigenvalue weighted by Gasteiger charge is -2.26. The lowest BCUT2D eigenvalue weighted by Crippen LogP contribution is -2.54. The molecule has 0 radical (unpaired) electrons. The Bertz CT molecular complexity index is 1130. The number of rotatable bonds is 3. The quantitative estimate of drug-likeness (QED) is 0.593. The zero-order valence-corrected chi connectivity index (χ0v) is 15.7. The van der Waals surface area contributed by atoms with E-state index in [1.54, 1.807) is 18.2 Å². The normalized spacial score (nSPS) is 19.7. The van der Waals surface area contributed by atoms with Gasteiger partial charge in [0.05, 0.1) is 13.7 Å². The molecule has 0 aromatic heterocycles. The second-order valence-electron chi connectivity index (χ2n) is 6.91. The fourth-order valence-corrected chi connectivity index (χ4v) is 3.42. The molecule has 0 aliphatic carbocycles. The SMILES string of the molecule is COc1ccc2c(c1)C(=O)N(C[C@@]1(C#Cc3cc(F)cc(F)c3)NC(=O)NC1=O)C2. The van der Waals surface area contributed by atoms with E-state index in [1.807, 2.05) is 0 Å². The minimum atomic E-state index is -1.76. The van der Waals surface area contributed by atoms with Crippen molar-refractivity contribution < 1.29 is 27.9 Å². The smallest absolute Gasteiger partial charge is 0.323 e. The molecule has 0 spiro atoms. The van der Waals surface area contributed by atoms with E-state index >= 15 is 0 Å². The highest BCUT2D eigenvalue weighted by Crippen LogP contribution is 2.28. The van der Waals surface area contributed by atoms with Crippen LogP contribution in [0.1, 0.15) is 21.5 Å². The molecule has 4 rings (SSSR count). The third-order valence-corrected chi connectivity index (χ3v) is 4.85. The molecule has 9 heteroatoms. The maximum Gasteiger partial charge on any atom is 0.323 e. The molecule has 1 atom stereocenters. The molecule has 2 aliphatic rings. The van der Waals surface area contributed by atoms with Crippen LogP contribution in [0.2, 0.25) is 0 Å². The number of hydrogen-bond donors (Lipinski definition) is 2. The molecule has 2 aliphatic heterocycles. The first-order valence-electron chi connectivity index (χ1n) is 8.89. The van der Waals surface area contributed by atoms with E-state index in [1.165, 1.54) is 12.0 Å². The predicted octanol–water partition coefficient (Wildman–Crippen LogP) is 1.56. The summed E-state index contributed by atoms with van der Waals surface area (Å²) in [6.07, 6.45) is 0. The summed E-state index contributed by atoms with van der Waals surface area (Å²) in [6, 6.07) is 6.98. The summed E-state index contributed by atoms with van der Waals surface area (Å²) in [5, 5.41) is 4.53. The highest BCUT2D eigenvalue weighted by atomic mass is 19.1. The van der Waals surface area contributed by atoms with E-state index in [-0.39, 0.29) is 24.6 Å². The Labute approximate surface area is 170 Å². The zero-order valence-electron chi connectivity index (χ0n) is 15.7. The highest BCUT2D eigenvalue weighted by molar-refractivity contribution is 6.10. The minimum Gasteiger partial charge on any atom is -0.497 e. The number of methoxy groups -OCH3 is 1. The molecule has 7 nitrogen and oxygen atoms in total. The number of amides is 4. The molecule has 1 fully saturated rings. The molecule has 152 valence electrons. The summed E-state index contributed by atoms with van der Waals surface area (Å²) >= 11 is 0. The van der Waals surface area contributed by atoms with Crippen LogP contribution in [0.15, 0.2) is 36.4 Å². The molecule has 2 aromatic carbocycles. The topological polar surface area (TPSA) is 87.7 Å². The van der Waals surface area contributed by atoms with Crippen molar-refractivity contribution >= 4 is 17.8 Å². The first-order valence-corrected chi connectivity index (χ1v) is 8.89. The van der Waals surface area contributed by atoms with Gasteiger partial charge in [-0.05, 0) is 29.8 Å². The first kappa shape index (κ1) is 19.4. The fourth-order valence-electron chi connectivity index (χ4n) is 3.42. The van der Waals surface area contributed by atoms with Crippen LogP contribution in [0, 0.1) is 23.5 Å². The van der Waals surface area contributed by atoms with Crippen molar-refractivity contribution in [2.45, 2.75) is 12.1 Å². The maximum absolute atomic E-state index is 13.4. The Balaban J connectivity index is 1.66. The van der Waals surface area contributed by atoms with Crippen molar-refractivity contribution in [2.24, 2.45) is 0 Å². The van der Waals surface area contributed by atoms with E-state index in [4.69, 9.17) is 4.74 Å². The van der Waals surface area contributed by atoms with E-state index < -0.39 is 29.1 Å². The predicted molar refractivity (Wildman–Crippen MR) is 100 cm³/mol. The largest absolute Gasteiger partial charge is 0.497 e. The van der Waals surface area contributed by atoms with E-state index in [0.29, 0.717) is 17.4 Å². The minimum absolute atomic E-state index is 0.0124. The van der Waals surface area contributed by atoms with Crippen LogP contribution in [-0.4, -0.2) is 41.9 Å². The van der Waals surface area contributed by atoms with Gasteiger partial charge in [0.2, 0.25) is 5.54 Å². The molecule has 0 unspecified atom stereocenters. The Morgan fingerprint density at radius 3 is 2.50 bits per heavy atom. The number of carbonyl (C=O) groups is 3. The molecule has 0 saturated carbocycles. The Morgan fingerprint density at radius 1 is 1.13 bits per heavy atom. The van der Waals surface area contributed by atoms with E-state index in [2.05, 4.69) is 22.5 Å². The van der Waals surface area contributed by atoms with Crippen molar-refractivity contribution in [3.05, 3.63) is 64.7 Å². The van der Waals surface area contributed by atoms with Crippen LogP contribution in [0.3, 0.4) is 0 Å². The van der Waals surface area contributed by atoms with Gasteiger partial charge in [0.1, 0.15) is 17.4 Å². The third kappa shape index (κ3) is 3.43. The van der Waals surface area contributed by atoms with Gasteiger partial charge in [-0.3, -0.25) is 14.9 Å². The van der Waals surface area contributed by atoms with Crippen molar-refractivity contribution in [1.29, 1.82) is 0 Å². The van der Waals surface area contributed by atoms with Crippen LogP contribution in [0.4, 0.5) is 13.6 Å². The lowest BCUT2D eigenvalue weighted by molar-refractivity contribution is -0.122. The van der Waals surface area contributed by atoms with Gasteiger partial charge in [-0.15, -0.1) is 0 Å². The third-order valence-electron chi connectivity index (χ3n) is 4.85. The summed E-state index contributed by atoms with van der Waals surface area (Å²) in [5.41, 5.74) is -0.612.